The van der Waals surface area contributed by atoms with Gasteiger partial charge in [-0.2, -0.15) is 0 Å². The Balaban J connectivity index is 3.00. The number of hydrogen-bond donors (Lipinski definition) is 0. The molecule has 0 heterocycles. The first-order valence-corrected chi connectivity index (χ1v) is 4.47. The first-order valence-electron chi connectivity index (χ1n) is 4.47. The van der Waals surface area contributed by atoms with Crippen LogP contribution in [0.5, 0.6) is 0 Å². The Hall–Kier alpha value is -1.37. The van der Waals surface area contributed by atoms with Gasteiger partial charge in [0, 0.05) is 5.71 Å². The second kappa shape index (κ2) is 4.61. The van der Waals surface area contributed by atoms with Crippen LogP contribution in [0.4, 0.5) is 0 Å². The van der Waals surface area contributed by atoms with Crippen LogP contribution in [-0.4, -0.2) is 5.71 Å². The van der Waals surface area contributed by atoms with Gasteiger partial charge in [-0.1, -0.05) is 36.4 Å². The van der Waals surface area contributed by atoms with E-state index in [9.17, 15) is 0 Å². The highest BCUT2D eigenvalue weighted by molar-refractivity contribution is 5.85. The lowest BCUT2D eigenvalue weighted by molar-refractivity contribution is 1.45. The van der Waals surface area contributed by atoms with E-state index in [0.717, 1.165) is 11.4 Å². The zero-order chi connectivity index (χ0) is 9.68. The van der Waals surface area contributed by atoms with Crippen LogP contribution in [-0.2, 0) is 0 Å². The summed E-state index contributed by atoms with van der Waals surface area (Å²) in [5.41, 5.74) is 3.30. The molecule has 0 aliphatic rings. The molecule has 1 aromatic carbocycles. The fourth-order valence-electron chi connectivity index (χ4n) is 1.15. The minimum absolute atomic E-state index is 1.04. The molecule has 68 valence electrons. The Kier molecular flexibility index (Phi) is 3.44. The molecule has 13 heavy (non-hydrogen) atoms. The minimum Gasteiger partial charge on any atom is -0.258 e. The van der Waals surface area contributed by atoms with Gasteiger partial charge in [-0.05, 0) is 26.3 Å². The molecule has 0 aromatic heterocycles. The monoisotopic (exact) mass is 173 g/mol. The number of rotatable bonds is 2. The van der Waals surface area contributed by atoms with Crippen LogP contribution in [0.2, 0.25) is 0 Å². The predicted octanol–water partition coefficient (Wildman–Crippen LogP) is 3.53. The smallest absolute Gasteiger partial charge is 0.0658 e. The van der Waals surface area contributed by atoms with Crippen molar-refractivity contribution in [1.82, 2.24) is 0 Å². The average Bonchev–Trinajstić information content (AvgIpc) is 2.15. The highest BCUT2D eigenvalue weighted by Gasteiger charge is 1.95. The fraction of sp³-hybridized carbons (Fsp3) is 0.250. The van der Waals surface area contributed by atoms with Crippen molar-refractivity contribution in [2.75, 3.05) is 0 Å². The summed E-state index contributed by atoms with van der Waals surface area (Å²) in [6.45, 7) is 6.02. The maximum atomic E-state index is 4.44. The van der Waals surface area contributed by atoms with Gasteiger partial charge < -0.3 is 0 Å². The van der Waals surface area contributed by atoms with Crippen molar-refractivity contribution in [2.24, 2.45) is 4.99 Å². The quantitative estimate of drug-likeness (QED) is 0.607. The predicted molar refractivity (Wildman–Crippen MR) is 58.9 cm³/mol. The van der Waals surface area contributed by atoms with Gasteiger partial charge in [0.15, 0.2) is 0 Å². The minimum atomic E-state index is 1.04. The molecule has 0 radical (unpaired) electrons. The summed E-state index contributed by atoms with van der Waals surface area (Å²) in [5, 5.41) is 0. The van der Waals surface area contributed by atoms with Gasteiger partial charge in [0.25, 0.3) is 0 Å². The summed E-state index contributed by atoms with van der Waals surface area (Å²) in [4.78, 5) is 4.44. The normalized spacial score (nSPS) is 11.2. The molecule has 0 saturated carbocycles. The van der Waals surface area contributed by atoms with Crippen molar-refractivity contribution in [2.45, 2.75) is 20.8 Å². The van der Waals surface area contributed by atoms with Gasteiger partial charge in [0.1, 0.15) is 0 Å². The van der Waals surface area contributed by atoms with Gasteiger partial charge >= 0.3 is 0 Å². The van der Waals surface area contributed by atoms with E-state index < -0.39 is 0 Å². The van der Waals surface area contributed by atoms with Gasteiger partial charge in [-0.3, -0.25) is 4.99 Å². The molecule has 0 amide bonds. The van der Waals surface area contributed by atoms with Crippen molar-refractivity contribution >= 4 is 11.4 Å². The SMILES string of the molecule is C/C=C(\N=C(C)C)c1ccccc1. The molecule has 0 unspecified atom stereocenters. The van der Waals surface area contributed by atoms with Crippen molar-refractivity contribution in [1.29, 1.82) is 0 Å². The van der Waals surface area contributed by atoms with Crippen LogP contribution in [0.3, 0.4) is 0 Å². The largest absolute Gasteiger partial charge is 0.258 e. The summed E-state index contributed by atoms with van der Waals surface area (Å²) in [5.74, 6) is 0. The molecule has 0 saturated heterocycles. The third-order valence-electron chi connectivity index (χ3n) is 1.69. The lowest BCUT2D eigenvalue weighted by atomic mass is 10.1. The molecule has 0 aliphatic heterocycles. The third kappa shape index (κ3) is 2.86. The zero-order valence-corrected chi connectivity index (χ0v) is 8.41. The van der Waals surface area contributed by atoms with E-state index in [0.29, 0.717) is 0 Å². The van der Waals surface area contributed by atoms with Gasteiger partial charge in [0.05, 0.1) is 5.70 Å². The van der Waals surface area contributed by atoms with Crippen LogP contribution >= 0.6 is 0 Å². The van der Waals surface area contributed by atoms with Crippen LogP contribution in [0.25, 0.3) is 5.70 Å². The van der Waals surface area contributed by atoms with Crippen LogP contribution in [0.1, 0.15) is 26.3 Å². The molecule has 1 heteroatoms. The number of nitrogens with zero attached hydrogens (tertiary/aromatic N) is 1. The second-order valence-electron chi connectivity index (χ2n) is 3.10. The third-order valence-corrected chi connectivity index (χ3v) is 1.69. The molecule has 0 aliphatic carbocycles. The number of allylic oxidation sites excluding steroid dienone is 1. The summed E-state index contributed by atoms with van der Waals surface area (Å²) in [7, 11) is 0. The number of aliphatic imine (C=N–C) groups is 1. The number of hydrogen-bond acceptors (Lipinski definition) is 1. The molecule has 1 rings (SSSR count). The molecule has 0 N–H and O–H groups in total. The second-order valence-corrected chi connectivity index (χ2v) is 3.10. The fourth-order valence-corrected chi connectivity index (χ4v) is 1.15. The summed E-state index contributed by atoms with van der Waals surface area (Å²) in [6, 6.07) is 10.2. The summed E-state index contributed by atoms with van der Waals surface area (Å²) < 4.78 is 0. The van der Waals surface area contributed by atoms with E-state index >= 15 is 0 Å². The van der Waals surface area contributed by atoms with Gasteiger partial charge in [-0.15, -0.1) is 0 Å². The molecule has 0 fully saturated rings. The van der Waals surface area contributed by atoms with E-state index in [1.165, 1.54) is 5.56 Å². The molecular formula is C12H15N. The Labute approximate surface area is 79.8 Å². The Morgan fingerprint density at radius 1 is 1.15 bits per heavy atom. The molecule has 0 bridgehead atoms. The lowest BCUT2D eigenvalue weighted by Crippen LogP contribution is -1.85. The zero-order valence-electron chi connectivity index (χ0n) is 8.41. The average molecular weight is 173 g/mol. The Morgan fingerprint density at radius 3 is 2.23 bits per heavy atom. The molecule has 0 spiro atoms. The standard InChI is InChI=1S/C12H15N/c1-4-12(13-10(2)3)11-8-6-5-7-9-11/h4-9H,1-3H3/b12-4-. The van der Waals surface area contributed by atoms with Gasteiger partial charge in [-0.25, -0.2) is 0 Å². The van der Waals surface area contributed by atoms with Crippen molar-refractivity contribution in [3.8, 4) is 0 Å². The van der Waals surface area contributed by atoms with E-state index in [2.05, 4.69) is 17.1 Å². The van der Waals surface area contributed by atoms with Crippen LogP contribution in [0.15, 0.2) is 41.4 Å². The summed E-state index contributed by atoms with van der Waals surface area (Å²) in [6.07, 6.45) is 2.03. The van der Waals surface area contributed by atoms with Crippen molar-refractivity contribution in [3.05, 3.63) is 42.0 Å². The van der Waals surface area contributed by atoms with E-state index in [-0.39, 0.29) is 0 Å². The Morgan fingerprint density at radius 2 is 1.77 bits per heavy atom. The Bertz CT molecular complexity index is 316. The van der Waals surface area contributed by atoms with Crippen LogP contribution in [0, 0.1) is 0 Å². The first-order chi connectivity index (χ1) is 6.24. The summed E-state index contributed by atoms with van der Waals surface area (Å²) >= 11 is 0. The van der Waals surface area contributed by atoms with Crippen molar-refractivity contribution in [3.63, 3.8) is 0 Å². The van der Waals surface area contributed by atoms with Crippen LogP contribution < -0.4 is 0 Å². The van der Waals surface area contributed by atoms with E-state index in [1.54, 1.807) is 0 Å². The molecule has 0 atom stereocenters. The van der Waals surface area contributed by atoms with Gasteiger partial charge in [0.2, 0.25) is 0 Å². The number of benzene rings is 1. The molecular weight excluding hydrogens is 158 g/mol. The maximum absolute atomic E-state index is 4.44. The molecule has 1 aromatic rings. The molecule has 1 nitrogen and oxygen atoms in total. The first kappa shape index (κ1) is 9.72. The lowest BCUT2D eigenvalue weighted by Gasteiger charge is -2.01. The maximum Gasteiger partial charge on any atom is 0.0658 e. The van der Waals surface area contributed by atoms with Crippen molar-refractivity contribution < 1.29 is 0 Å². The van der Waals surface area contributed by atoms with E-state index in [4.69, 9.17) is 0 Å². The van der Waals surface area contributed by atoms with E-state index in [1.807, 2.05) is 45.0 Å². The highest BCUT2D eigenvalue weighted by atomic mass is 14.7. The highest BCUT2D eigenvalue weighted by Crippen LogP contribution is 2.15. The topological polar surface area (TPSA) is 12.4 Å².